The van der Waals surface area contributed by atoms with E-state index in [1.54, 1.807) is 0 Å². The number of ether oxygens (including phenoxy) is 2. The van der Waals surface area contributed by atoms with Crippen molar-refractivity contribution in [2.45, 2.75) is 65.5 Å². The normalized spacial score (nSPS) is 14.4. The van der Waals surface area contributed by atoms with E-state index in [1.807, 2.05) is 13.8 Å². The molecule has 0 bridgehead atoms. The van der Waals surface area contributed by atoms with E-state index in [9.17, 15) is 0 Å². The van der Waals surface area contributed by atoms with Crippen LogP contribution in [0.25, 0.3) is 11.0 Å². The van der Waals surface area contributed by atoms with E-state index in [0.717, 1.165) is 37.6 Å². The molecule has 2 aromatic rings. The number of hydrogen-bond donors (Lipinski definition) is 0. The van der Waals surface area contributed by atoms with Gasteiger partial charge in [0.25, 0.3) is 0 Å². The van der Waals surface area contributed by atoms with E-state index in [4.69, 9.17) is 14.5 Å². The molecule has 0 atom stereocenters. The smallest absolute Gasteiger partial charge is 0.218 e. The van der Waals surface area contributed by atoms with Crippen molar-refractivity contribution >= 4 is 19.1 Å². The molecule has 1 aliphatic heterocycles. The first kappa shape index (κ1) is 19.0. The lowest BCUT2D eigenvalue weighted by Gasteiger charge is -2.15. The number of fused-ring (bicyclic) bond motifs is 2. The van der Waals surface area contributed by atoms with Crippen LogP contribution in [0.2, 0.25) is 25.7 Å². The first-order valence-corrected chi connectivity index (χ1v) is 12.9. The van der Waals surface area contributed by atoms with Crippen molar-refractivity contribution in [1.82, 2.24) is 9.55 Å². The average molecular weight is 349 g/mol. The van der Waals surface area contributed by atoms with E-state index in [1.165, 1.54) is 23.4 Å². The molecule has 134 valence electrons. The summed E-state index contributed by atoms with van der Waals surface area (Å²) in [7, 11) is -1.03. The second-order valence-electron chi connectivity index (χ2n) is 7.30. The third-order valence-electron chi connectivity index (χ3n) is 4.08. The fraction of sp³-hybridized carbons (Fsp3) is 0.632. The molecule has 24 heavy (non-hydrogen) atoms. The van der Waals surface area contributed by atoms with Crippen LogP contribution >= 0.6 is 0 Å². The molecule has 0 amide bonds. The Morgan fingerprint density at radius 3 is 2.79 bits per heavy atom. The van der Waals surface area contributed by atoms with Crippen LogP contribution in [-0.2, 0) is 17.9 Å². The van der Waals surface area contributed by atoms with Gasteiger partial charge >= 0.3 is 0 Å². The Hall–Kier alpha value is -1.33. The van der Waals surface area contributed by atoms with Gasteiger partial charge < -0.3 is 14.0 Å². The number of nitrogens with zero attached hydrogens (tertiary/aromatic N) is 2. The minimum Gasteiger partial charge on any atom is -0.477 e. The van der Waals surface area contributed by atoms with Crippen LogP contribution < -0.4 is 4.74 Å². The van der Waals surface area contributed by atoms with E-state index in [-0.39, 0.29) is 0 Å². The summed E-state index contributed by atoms with van der Waals surface area (Å²) in [6.45, 7) is 13.3. The molecule has 3 heterocycles. The SMILES string of the molecule is CC.C[Si](C)(C)CCOCn1ccc2cc3c(nc21)OCCCC3. The number of aromatic nitrogens is 2. The lowest BCUT2D eigenvalue weighted by atomic mass is 10.1. The molecule has 5 heteroatoms. The number of aryl methyl sites for hydroxylation is 1. The summed E-state index contributed by atoms with van der Waals surface area (Å²) >= 11 is 0. The first-order valence-electron chi connectivity index (χ1n) is 9.22. The zero-order valence-electron chi connectivity index (χ0n) is 15.9. The van der Waals surface area contributed by atoms with Gasteiger partial charge in [-0.15, -0.1) is 0 Å². The van der Waals surface area contributed by atoms with Crippen LogP contribution in [0.3, 0.4) is 0 Å². The molecule has 4 nitrogen and oxygen atoms in total. The molecule has 1 aliphatic rings. The van der Waals surface area contributed by atoms with Gasteiger partial charge in [0.05, 0.1) is 6.61 Å². The maximum absolute atomic E-state index is 5.85. The molecular weight excluding hydrogens is 316 g/mol. The number of rotatable bonds is 5. The number of hydrogen-bond acceptors (Lipinski definition) is 3. The van der Waals surface area contributed by atoms with Gasteiger partial charge in [0.2, 0.25) is 5.88 Å². The van der Waals surface area contributed by atoms with E-state index >= 15 is 0 Å². The highest BCUT2D eigenvalue weighted by Gasteiger charge is 2.15. The Morgan fingerprint density at radius 2 is 2.04 bits per heavy atom. The largest absolute Gasteiger partial charge is 0.477 e. The van der Waals surface area contributed by atoms with Crippen LogP contribution in [0, 0.1) is 0 Å². The van der Waals surface area contributed by atoms with Crippen molar-refractivity contribution in [3.05, 3.63) is 23.9 Å². The number of pyridine rings is 1. The topological polar surface area (TPSA) is 36.3 Å². The van der Waals surface area contributed by atoms with Gasteiger partial charge in [-0.05, 0) is 37.4 Å². The Labute approximate surface area is 147 Å². The molecule has 0 spiro atoms. The van der Waals surface area contributed by atoms with Crippen LogP contribution in [0.15, 0.2) is 18.3 Å². The van der Waals surface area contributed by atoms with Crippen LogP contribution in [0.5, 0.6) is 5.88 Å². The molecular formula is C19H32N2O2Si. The Morgan fingerprint density at radius 1 is 1.25 bits per heavy atom. The molecule has 0 fully saturated rings. The maximum Gasteiger partial charge on any atom is 0.218 e. The van der Waals surface area contributed by atoms with Crippen molar-refractivity contribution in [2.24, 2.45) is 0 Å². The predicted molar refractivity (Wildman–Crippen MR) is 104 cm³/mol. The molecule has 0 unspecified atom stereocenters. The third-order valence-corrected chi connectivity index (χ3v) is 5.79. The fourth-order valence-electron chi connectivity index (χ4n) is 2.68. The van der Waals surface area contributed by atoms with Crippen molar-refractivity contribution in [2.75, 3.05) is 13.2 Å². The van der Waals surface area contributed by atoms with E-state index < -0.39 is 8.07 Å². The van der Waals surface area contributed by atoms with Gasteiger partial charge in [-0.25, -0.2) is 0 Å². The molecule has 0 saturated heterocycles. The standard InChI is InChI=1S/C17H26N2O2Si.C2H6/c1-22(2,3)11-10-20-13-19-8-7-14-12-15-6-4-5-9-21-17(15)18-16(14)19;1-2/h7-8,12H,4-6,9-11,13H2,1-3H3;1-2H3. The summed E-state index contributed by atoms with van der Waals surface area (Å²) in [5.41, 5.74) is 2.20. The summed E-state index contributed by atoms with van der Waals surface area (Å²) in [5.74, 6) is 0.812. The van der Waals surface area contributed by atoms with E-state index in [0.29, 0.717) is 6.73 Å². The summed E-state index contributed by atoms with van der Waals surface area (Å²) in [6, 6.07) is 5.54. The maximum atomic E-state index is 5.85. The second-order valence-corrected chi connectivity index (χ2v) is 12.9. The van der Waals surface area contributed by atoms with Gasteiger partial charge in [0.1, 0.15) is 12.4 Å². The Kier molecular flexibility index (Phi) is 6.86. The molecule has 0 aromatic carbocycles. The zero-order chi connectivity index (χ0) is 17.6. The van der Waals surface area contributed by atoms with Gasteiger partial charge in [0, 0.05) is 31.8 Å². The van der Waals surface area contributed by atoms with Gasteiger partial charge in [-0.1, -0.05) is 33.5 Å². The van der Waals surface area contributed by atoms with Crippen LogP contribution in [0.4, 0.5) is 0 Å². The van der Waals surface area contributed by atoms with Gasteiger partial charge in [0.15, 0.2) is 0 Å². The molecule has 2 aromatic heterocycles. The van der Waals surface area contributed by atoms with Crippen LogP contribution in [-0.4, -0.2) is 30.8 Å². The highest BCUT2D eigenvalue weighted by molar-refractivity contribution is 6.76. The van der Waals surface area contributed by atoms with Crippen molar-refractivity contribution < 1.29 is 9.47 Å². The third kappa shape index (κ3) is 5.08. The van der Waals surface area contributed by atoms with Crippen molar-refractivity contribution in [1.29, 1.82) is 0 Å². The Bertz CT molecular complexity index is 647. The minimum absolute atomic E-state index is 0.569. The summed E-state index contributed by atoms with van der Waals surface area (Å²) in [5, 5.41) is 1.18. The van der Waals surface area contributed by atoms with Crippen molar-refractivity contribution in [3.63, 3.8) is 0 Å². The molecule has 3 rings (SSSR count). The summed E-state index contributed by atoms with van der Waals surface area (Å²) < 4.78 is 13.7. The van der Waals surface area contributed by atoms with Gasteiger partial charge in [-0.3, -0.25) is 0 Å². The van der Waals surface area contributed by atoms with E-state index in [2.05, 4.69) is 42.5 Å². The zero-order valence-corrected chi connectivity index (χ0v) is 16.9. The first-order chi connectivity index (χ1) is 11.5. The highest BCUT2D eigenvalue weighted by Crippen LogP contribution is 2.27. The summed E-state index contributed by atoms with van der Waals surface area (Å²) in [4.78, 5) is 4.73. The predicted octanol–water partition coefficient (Wildman–Crippen LogP) is 5.09. The fourth-order valence-corrected chi connectivity index (χ4v) is 3.43. The molecule has 0 N–H and O–H groups in total. The van der Waals surface area contributed by atoms with Crippen LogP contribution in [0.1, 0.15) is 32.3 Å². The summed E-state index contributed by atoms with van der Waals surface area (Å²) in [6.07, 6.45) is 5.42. The molecule has 0 radical (unpaired) electrons. The minimum atomic E-state index is -1.03. The molecule has 0 saturated carbocycles. The van der Waals surface area contributed by atoms with Crippen molar-refractivity contribution in [3.8, 4) is 5.88 Å². The second kappa shape index (κ2) is 8.67. The van der Waals surface area contributed by atoms with Gasteiger partial charge in [-0.2, -0.15) is 4.98 Å². The monoisotopic (exact) mass is 348 g/mol. The average Bonchev–Trinajstić information content (AvgIpc) is 2.78. The lowest BCUT2D eigenvalue weighted by Crippen LogP contribution is -2.22. The molecule has 0 aliphatic carbocycles. The quantitative estimate of drug-likeness (QED) is 0.558. The Balaban J connectivity index is 0.00000100. The lowest BCUT2D eigenvalue weighted by molar-refractivity contribution is 0.0898. The highest BCUT2D eigenvalue weighted by atomic mass is 28.3.